The third-order valence-corrected chi connectivity index (χ3v) is 5.62. The first-order valence-corrected chi connectivity index (χ1v) is 10.2. The molecule has 3 aromatic heterocycles. The molecule has 1 N–H and O–H groups in total. The predicted octanol–water partition coefficient (Wildman–Crippen LogP) is 4.71. The first-order valence-electron chi connectivity index (χ1n) is 9.34. The van der Waals surface area contributed by atoms with Gasteiger partial charge in [-0.25, -0.2) is 9.66 Å². The van der Waals surface area contributed by atoms with Crippen LogP contribution in [0.15, 0.2) is 67.0 Å². The van der Waals surface area contributed by atoms with Gasteiger partial charge in [0, 0.05) is 29.6 Å². The van der Waals surface area contributed by atoms with Gasteiger partial charge in [-0.15, -0.1) is 10.2 Å². The normalized spacial score (nSPS) is 11.0. The summed E-state index contributed by atoms with van der Waals surface area (Å²) in [4.78, 5) is 19.6. The van der Waals surface area contributed by atoms with Crippen LogP contribution in [0.4, 0.5) is 10.8 Å². The predicted molar refractivity (Wildman–Crippen MR) is 119 cm³/mol. The Kier molecular flexibility index (Phi) is 4.60. The first-order chi connectivity index (χ1) is 15.1. The second-order valence-electron chi connectivity index (χ2n) is 6.80. The minimum Gasteiger partial charge on any atom is -0.265 e. The maximum atomic E-state index is 11.4. The highest BCUT2D eigenvalue weighted by atomic mass is 32.1. The number of benzene rings is 2. The molecular weight excluding hydrogens is 414 g/mol. The number of pyridine rings is 1. The van der Waals surface area contributed by atoms with E-state index in [-0.39, 0.29) is 5.69 Å². The Balaban J connectivity index is 1.64. The van der Waals surface area contributed by atoms with Crippen LogP contribution in [0, 0.1) is 17.0 Å². The molecule has 2 aromatic carbocycles. The summed E-state index contributed by atoms with van der Waals surface area (Å²) in [6.45, 7) is 2.02. The van der Waals surface area contributed by atoms with Crippen LogP contribution in [-0.2, 0) is 0 Å². The maximum Gasteiger partial charge on any atom is 0.296 e. The summed E-state index contributed by atoms with van der Waals surface area (Å²) in [5, 5.41) is 20.6. The third kappa shape index (κ3) is 3.49. The summed E-state index contributed by atoms with van der Waals surface area (Å²) < 4.78 is 2.44. The minimum absolute atomic E-state index is 0.0307. The van der Waals surface area contributed by atoms with Gasteiger partial charge in [0.15, 0.2) is 17.2 Å². The van der Waals surface area contributed by atoms with E-state index in [1.54, 1.807) is 29.2 Å². The molecule has 0 radical (unpaired) electrons. The molecule has 0 saturated heterocycles. The number of para-hydroxylation sites is 1. The third-order valence-electron chi connectivity index (χ3n) is 4.69. The molecule has 3 heterocycles. The first kappa shape index (κ1) is 18.8. The number of nitrogens with one attached hydrogen (secondary N) is 1. The molecule has 5 rings (SSSR count). The number of hydrogen-bond donors (Lipinski definition) is 1. The number of nitrogens with zero attached hydrogens (tertiary/aromatic N) is 6. The fraction of sp³-hybridized carbons (Fsp3) is 0.0476. The van der Waals surface area contributed by atoms with Crippen LogP contribution in [0.3, 0.4) is 0 Å². The molecule has 31 heavy (non-hydrogen) atoms. The zero-order valence-corrected chi connectivity index (χ0v) is 17.1. The van der Waals surface area contributed by atoms with Crippen molar-refractivity contribution in [1.82, 2.24) is 24.8 Å². The smallest absolute Gasteiger partial charge is 0.265 e. The van der Waals surface area contributed by atoms with E-state index in [0.717, 1.165) is 16.7 Å². The zero-order chi connectivity index (χ0) is 21.4. The molecular formula is C21H15N7O2S. The molecule has 0 aliphatic carbocycles. The van der Waals surface area contributed by atoms with Gasteiger partial charge in [-0.2, -0.15) is 0 Å². The lowest BCUT2D eigenvalue weighted by Crippen LogP contribution is -2.12. The van der Waals surface area contributed by atoms with Crippen molar-refractivity contribution in [3.8, 4) is 22.8 Å². The lowest BCUT2D eigenvalue weighted by atomic mass is 10.1. The number of nitro benzene ring substituents is 1. The molecule has 0 spiro atoms. The molecule has 0 amide bonds. The van der Waals surface area contributed by atoms with Crippen molar-refractivity contribution in [1.29, 1.82) is 0 Å². The Hall–Kier alpha value is -4.18. The summed E-state index contributed by atoms with van der Waals surface area (Å²) in [5.74, 6) is 1.14. The Bertz CT molecular complexity index is 1390. The zero-order valence-electron chi connectivity index (χ0n) is 16.3. The van der Waals surface area contributed by atoms with E-state index in [0.29, 0.717) is 27.0 Å². The molecule has 9 nitrogen and oxygen atoms in total. The van der Waals surface area contributed by atoms with Crippen molar-refractivity contribution >= 4 is 32.4 Å². The van der Waals surface area contributed by atoms with Crippen LogP contribution in [0.2, 0.25) is 0 Å². The molecule has 0 fully saturated rings. The monoisotopic (exact) mass is 429 g/mol. The van der Waals surface area contributed by atoms with E-state index in [2.05, 4.69) is 25.6 Å². The molecule has 5 aromatic rings. The highest BCUT2D eigenvalue weighted by Crippen LogP contribution is 2.33. The second kappa shape index (κ2) is 7.58. The van der Waals surface area contributed by atoms with Gasteiger partial charge in [0.05, 0.1) is 9.62 Å². The van der Waals surface area contributed by atoms with Gasteiger partial charge in [-0.3, -0.25) is 20.5 Å². The van der Waals surface area contributed by atoms with Crippen molar-refractivity contribution < 1.29 is 4.92 Å². The molecule has 0 bridgehead atoms. The fourth-order valence-corrected chi connectivity index (χ4v) is 4.06. The quantitative estimate of drug-likeness (QED) is 0.318. The number of rotatable bonds is 5. The Morgan fingerprint density at radius 2 is 1.77 bits per heavy atom. The largest absolute Gasteiger partial charge is 0.296 e. The van der Waals surface area contributed by atoms with E-state index < -0.39 is 4.92 Å². The number of thiazole rings is 1. The molecule has 0 aliphatic rings. The second-order valence-corrected chi connectivity index (χ2v) is 7.83. The number of fused-ring (bicyclic) bond motifs is 1. The van der Waals surface area contributed by atoms with E-state index in [1.807, 2.05) is 43.3 Å². The van der Waals surface area contributed by atoms with Crippen molar-refractivity contribution in [2.45, 2.75) is 6.92 Å². The van der Waals surface area contributed by atoms with Gasteiger partial charge in [0.25, 0.3) is 5.69 Å². The van der Waals surface area contributed by atoms with E-state index in [9.17, 15) is 10.1 Å². The Morgan fingerprint density at radius 1 is 1.00 bits per heavy atom. The Labute approximate surface area is 180 Å². The minimum atomic E-state index is -0.427. The van der Waals surface area contributed by atoms with Gasteiger partial charge in [0.1, 0.15) is 0 Å². The standard InChI is InChI=1S/C21H15N7O2S/c1-13-7-9-14(10-8-13)19-24-25-20(15-4-3-11-22-12-15)27(19)26-21-23-18-16(28(29)30)5-2-6-17(18)31-21/h2-12H,1H3,(H,23,26). The maximum absolute atomic E-state index is 11.4. The van der Waals surface area contributed by atoms with Crippen LogP contribution < -0.4 is 5.43 Å². The van der Waals surface area contributed by atoms with Gasteiger partial charge >= 0.3 is 0 Å². The average Bonchev–Trinajstić information content (AvgIpc) is 3.38. The highest BCUT2D eigenvalue weighted by molar-refractivity contribution is 7.22. The van der Waals surface area contributed by atoms with Crippen LogP contribution in [-0.4, -0.2) is 29.8 Å². The van der Waals surface area contributed by atoms with Gasteiger partial charge in [-0.1, -0.05) is 47.2 Å². The number of nitro groups is 1. The number of aromatic nitrogens is 5. The summed E-state index contributed by atoms with van der Waals surface area (Å²) in [6.07, 6.45) is 3.38. The number of hydrogen-bond acceptors (Lipinski definition) is 8. The highest BCUT2D eigenvalue weighted by Gasteiger charge is 2.20. The van der Waals surface area contributed by atoms with Crippen LogP contribution in [0.1, 0.15) is 5.56 Å². The van der Waals surface area contributed by atoms with E-state index in [4.69, 9.17) is 0 Å². The average molecular weight is 429 g/mol. The topological polar surface area (TPSA) is 112 Å². The van der Waals surface area contributed by atoms with E-state index >= 15 is 0 Å². The van der Waals surface area contributed by atoms with Crippen molar-refractivity contribution in [2.24, 2.45) is 0 Å². The number of anilines is 1. The number of aryl methyl sites for hydroxylation is 1. The van der Waals surface area contributed by atoms with Gasteiger partial charge in [-0.05, 0) is 25.1 Å². The summed E-state index contributed by atoms with van der Waals surface area (Å²) in [5.41, 5.74) is 6.32. The Morgan fingerprint density at radius 3 is 2.48 bits per heavy atom. The fourth-order valence-electron chi connectivity index (χ4n) is 3.19. The summed E-state index contributed by atoms with van der Waals surface area (Å²) >= 11 is 1.32. The van der Waals surface area contributed by atoms with Gasteiger partial charge in [0.2, 0.25) is 5.13 Å². The lowest BCUT2D eigenvalue weighted by Gasteiger charge is -2.11. The SMILES string of the molecule is Cc1ccc(-c2nnc(-c3cccnc3)n2Nc2nc3c([N+](=O)[O-])cccc3s2)cc1. The van der Waals surface area contributed by atoms with Crippen molar-refractivity contribution in [3.63, 3.8) is 0 Å². The summed E-state index contributed by atoms with van der Waals surface area (Å²) in [6, 6.07) is 16.5. The van der Waals surface area contributed by atoms with Crippen LogP contribution >= 0.6 is 11.3 Å². The van der Waals surface area contributed by atoms with Gasteiger partial charge < -0.3 is 0 Å². The van der Waals surface area contributed by atoms with Crippen LogP contribution in [0.5, 0.6) is 0 Å². The lowest BCUT2D eigenvalue weighted by molar-refractivity contribution is -0.383. The molecule has 0 unspecified atom stereocenters. The molecule has 152 valence electrons. The van der Waals surface area contributed by atoms with E-state index in [1.165, 1.54) is 17.4 Å². The van der Waals surface area contributed by atoms with Crippen molar-refractivity contribution in [2.75, 3.05) is 5.43 Å². The van der Waals surface area contributed by atoms with Crippen molar-refractivity contribution in [3.05, 3.63) is 82.7 Å². The number of non-ortho nitro benzene ring substituents is 1. The summed E-state index contributed by atoms with van der Waals surface area (Å²) in [7, 11) is 0. The molecule has 0 saturated carbocycles. The molecule has 0 atom stereocenters. The molecule has 10 heteroatoms. The molecule has 0 aliphatic heterocycles. The van der Waals surface area contributed by atoms with Crippen LogP contribution in [0.25, 0.3) is 33.0 Å².